The average Bonchev–Trinajstić information content (AvgIpc) is 3.39. The van der Waals surface area contributed by atoms with Crippen molar-refractivity contribution in [2.45, 2.75) is 19.0 Å². The molecule has 0 bridgehead atoms. The summed E-state index contributed by atoms with van der Waals surface area (Å²) in [6.45, 7) is 2.04. The minimum atomic E-state index is -0.127. The van der Waals surface area contributed by atoms with Gasteiger partial charge in [0, 0.05) is 11.3 Å². The molecule has 0 saturated carbocycles. The van der Waals surface area contributed by atoms with E-state index in [9.17, 15) is 4.79 Å². The molecule has 2 heteroatoms. The number of benzene rings is 3. The third-order valence-electron chi connectivity index (χ3n) is 4.61. The van der Waals surface area contributed by atoms with Crippen molar-refractivity contribution >= 4 is 11.5 Å². The van der Waals surface area contributed by atoms with Crippen LogP contribution < -0.4 is 4.90 Å². The Morgan fingerprint density at radius 3 is 2.00 bits per heavy atom. The number of carbonyl (C=O) groups is 1. The van der Waals surface area contributed by atoms with Gasteiger partial charge in [0.15, 0.2) is 5.78 Å². The van der Waals surface area contributed by atoms with Crippen LogP contribution in [-0.4, -0.2) is 11.8 Å². The van der Waals surface area contributed by atoms with Gasteiger partial charge in [-0.2, -0.15) is 0 Å². The number of carbonyl (C=O) groups excluding carboxylic acids is 1. The van der Waals surface area contributed by atoms with Gasteiger partial charge in [0.2, 0.25) is 0 Å². The minimum Gasteiger partial charge on any atom is -0.349 e. The highest BCUT2D eigenvalue weighted by molar-refractivity contribution is 6.06. The van der Waals surface area contributed by atoms with Gasteiger partial charge in [0.25, 0.3) is 0 Å². The van der Waals surface area contributed by atoms with Gasteiger partial charge in [-0.05, 0) is 24.6 Å². The van der Waals surface area contributed by atoms with Crippen LogP contribution in [0.25, 0.3) is 0 Å². The Morgan fingerprint density at radius 1 is 0.792 bits per heavy atom. The summed E-state index contributed by atoms with van der Waals surface area (Å²) in [4.78, 5) is 15.2. The lowest BCUT2D eigenvalue weighted by Crippen LogP contribution is -2.12. The molecule has 0 unspecified atom stereocenters. The second-order valence-corrected chi connectivity index (χ2v) is 6.27. The lowest BCUT2D eigenvalue weighted by atomic mass is 10.0. The molecule has 2 atom stereocenters. The maximum absolute atomic E-state index is 13.0. The van der Waals surface area contributed by atoms with Gasteiger partial charge in [0.05, 0.1) is 6.04 Å². The average molecular weight is 313 g/mol. The van der Waals surface area contributed by atoms with Crippen LogP contribution in [0.15, 0.2) is 84.9 Å². The number of rotatable bonds is 4. The molecule has 1 fully saturated rings. The zero-order valence-electron chi connectivity index (χ0n) is 13.6. The molecule has 3 aromatic rings. The third-order valence-corrected chi connectivity index (χ3v) is 4.61. The molecule has 1 saturated heterocycles. The number of Topliss-reactive ketones (excluding diaryl/α,β-unsaturated/α-hetero) is 1. The summed E-state index contributed by atoms with van der Waals surface area (Å²) in [5.41, 5.74) is 4.23. The van der Waals surface area contributed by atoms with Crippen molar-refractivity contribution in [1.82, 2.24) is 0 Å². The van der Waals surface area contributed by atoms with Crippen molar-refractivity contribution in [1.29, 1.82) is 0 Å². The lowest BCUT2D eigenvalue weighted by Gasteiger charge is -2.06. The van der Waals surface area contributed by atoms with Crippen LogP contribution in [0.3, 0.4) is 0 Å². The normalized spacial score (nSPS) is 19.1. The van der Waals surface area contributed by atoms with E-state index in [0.717, 1.165) is 11.3 Å². The molecular formula is C22H19NO. The highest BCUT2D eigenvalue weighted by atomic mass is 16.1. The van der Waals surface area contributed by atoms with Crippen LogP contribution in [0, 0.1) is 6.92 Å². The van der Waals surface area contributed by atoms with E-state index in [1.165, 1.54) is 11.1 Å². The summed E-state index contributed by atoms with van der Waals surface area (Å²) in [7, 11) is 0. The first kappa shape index (κ1) is 14.7. The van der Waals surface area contributed by atoms with Gasteiger partial charge in [-0.15, -0.1) is 0 Å². The molecule has 118 valence electrons. The molecule has 3 aromatic carbocycles. The number of ketones is 1. The number of nitrogens with zero attached hydrogens (tertiary/aromatic N) is 1. The number of hydrogen-bond acceptors (Lipinski definition) is 2. The lowest BCUT2D eigenvalue weighted by molar-refractivity contribution is 0.0990. The molecule has 24 heavy (non-hydrogen) atoms. The smallest absolute Gasteiger partial charge is 0.187 e. The first-order valence-electron chi connectivity index (χ1n) is 8.25. The van der Waals surface area contributed by atoms with Crippen LogP contribution in [0.5, 0.6) is 0 Å². The molecule has 4 rings (SSSR count). The third kappa shape index (κ3) is 2.61. The van der Waals surface area contributed by atoms with Crippen LogP contribution in [-0.2, 0) is 0 Å². The summed E-state index contributed by atoms with van der Waals surface area (Å²) in [6, 6.07) is 28.3. The molecule has 0 amide bonds. The first-order chi connectivity index (χ1) is 11.8. The predicted octanol–water partition coefficient (Wildman–Crippen LogP) is 4.81. The standard InChI is InChI=1S/C22H19NO/c1-16-12-14-18(15-13-16)22(24)21-20(17-8-4-2-5-9-17)23(21)19-10-6-3-7-11-19/h2-15,20-21H,1H3/t20-,21-,23?/m0/s1. The molecule has 0 aromatic heterocycles. The number of anilines is 1. The van der Waals surface area contributed by atoms with Crippen LogP contribution in [0.1, 0.15) is 27.5 Å². The fourth-order valence-corrected chi connectivity index (χ4v) is 3.30. The zero-order valence-corrected chi connectivity index (χ0v) is 13.6. The number of aryl methyl sites for hydroxylation is 1. The summed E-state index contributed by atoms with van der Waals surface area (Å²) < 4.78 is 0. The largest absolute Gasteiger partial charge is 0.349 e. The van der Waals surface area contributed by atoms with E-state index >= 15 is 0 Å². The fourth-order valence-electron chi connectivity index (χ4n) is 3.30. The molecule has 0 aliphatic carbocycles. The Kier molecular flexibility index (Phi) is 3.66. The summed E-state index contributed by atoms with van der Waals surface area (Å²) in [6.07, 6.45) is 0. The van der Waals surface area contributed by atoms with Crippen molar-refractivity contribution in [3.05, 3.63) is 102 Å². The topological polar surface area (TPSA) is 20.1 Å². The second kappa shape index (κ2) is 5.97. The Labute approximate surface area is 142 Å². The van der Waals surface area contributed by atoms with Gasteiger partial charge in [0.1, 0.15) is 6.04 Å². The van der Waals surface area contributed by atoms with E-state index in [2.05, 4.69) is 29.2 Å². The van der Waals surface area contributed by atoms with Crippen LogP contribution in [0.2, 0.25) is 0 Å². The predicted molar refractivity (Wildman–Crippen MR) is 97.4 cm³/mol. The summed E-state index contributed by atoms with van der Waals surface area (Å²) in [5.74, 6) is 0.188. The molecule has 1 aliphatic heterocycles. The van der Waals surface area contributed by atoms with Gasteiger partial charge in [-0.1, -0.05) is 78.4 Å². The maximum atomic E-state index is 13.0. The number of para-hydroxylation sites is 1. The van der Waals surface area contributed by atoms with E-state index in [0.29, 0.717) is 0 Å². The molecule has 0 N–H and O–H groups in total. The first-order valence-corrected chi connectivity index (χ1v) is 8.25. The van der Waals surface area contributed by atoms with Crippen molar-refractivity contribution < 1.29 is 4.79 Å². The van der Waals surface area contributed by atoms with Crippen LogP contribution >= 0.6 is 0 Å². The Balaban J connectivity index is 1.69. The molecule has 1 heterocycles. The molecule has 2 nitrogen and oxygen atoms in total. The molecular weight excluding hydrogens is 294 g/mol. The van der Waals surface area contributed by atoms with Gasteiger partial charge in [-0.3, -0.25) is 4.79 Å². The Hall–Kier alpha value is -2.87. The maximum Gasteiger partial charge on any atom is 0.187 e. The van der Waals surface area contributed by atoms with Gasteiger partial charge < -0.3 is 4.90 Å². The highest BCUT2D eigenvalue weighted by Gasteiger charge is 2.53. The highest BCUT2D eigenvalue weighted by Crippen LogP contribution is 2.48. The second-order valence-electron chi connectivity index (χ2n) is 6.27. The Morgan fingerprint density at radius 2 is 1.38 bits per heavy atom. The van der Waals surface area contributed by atoms with Crippen molar-refractivity contribution in [2.24, 2.45) is 0 Å². The van der Waals surface area contributed by atoms with Crippen LogP contribution in [0.4, 0.5) is 5.69 Å². The number of hydrogen-bond donors (Lipinski definition) is 0. The SMILES string of the molecule is Cc1ccc(C(=O)[C@@H]2[C@H](c3ccccc3)N2c2ccccc2)cc1. The molecule has 0 spiro atoms. The zero-order chi connectivity index (χ0) is 16.5. The van der Waals surface area contributed by atoms with Crippen molar-refractivity contribution in [3.8, 4) is 0 Å². The van der Waals surface area contributed by atoms with Gasteiger partial charge >= 0.3 is 0 Å². The van der Waals surface area contributed by atoms with Crippen molar-refractivity contribution in [2.75, 3.05) is 4.90 Å². The monoisotopic (exact) mass is 313 g/mol. The van der Waals surface area contributed by atoms with E-state index in [4.69, 9.17) is 0 Å². The van der Waals surface area contributed by atoms with E-state index in [1.807, 2.05) is 67.6 Å². The van der Waals surface area contributed by atoms with E-state index in [1.54, 1.807) is 0 Å². The molecule has 0 radical (unpaired) electrons. The summed E-state index contributed by atoms with van der Waals surface area (Å²) >= 11 is 0. The summed E-state index contributed by atoms with van der Waals surface area (Å²) in [5, 5.41) is 0. The molecule has 1 aliphatic rings. The van der Waals surface area contributed by atoms with Gasteiger partial charge in [-0.25, -0.2) is 0 Å². The van der Waals surface area contributed by atoms with E-state index in [-0.39, 0.29) is 17.9 Å². The minimum absolute atomic E-state index is 0.113. The Bertz CT molecular complexity index is 795. The quantitative estimate of drug-likeness (QED) is 0.509. The fraction of sp³-hybridized carbons (Fsp3) is 0.136. The van der Waals surface area contributed by atoms with Crippen molar-refractivity contribution in [3.63, 3.8) is 0 Å². The van der Waals surface area contributed by atoms with E-state index < -0.39 is 0 Å².